The van der Waals surface area contributed by atoms with Crippen LogP contribution in [-0.2, 0) is 10.0 Å². The van der Waals surface area contributed by atoms with Crippen LogP contribution in [0.3, 0.4) is 0 Å². The van der Waals surface area contributed by atoms with Crippen molar-refractivity contribution < 1.29 is 17.2 Å². The van der Waals surface area contributed by atoms with E-state index >= 15 is 0 Å². The molecule has 1 rings (SSSR count). The Balaban J connectivity index is 2.54. The first-order valence-electron chi connectivity index (χ1n) is 5.98. The Morgan fingerprint density at radius 1 is 1.16 bits per heavy atom. The van der Waals surface area contributed by atoms with Crippen LogP contribution in [0.5, 0.6) is 0 Å². The SMILES string of the molecule is CC(C)NCCCS(=O)(=O)Nc1cc(F)cc(F)c1. The van der Waals surface area contributed by atoms with Crippen molar-refractivity contribution in [2.75, 3.05) is 17.0 Å². The summed E-state index contributed by atoms with van der Waals surface area (Å²) in [5.41, 5.74) is -0.102. The van der Waals surface area contributed by atoms with E-state index in [1.165, 1.54) is 0 Å². The van der Waals surface area contributed by atoms with E-state index in [0.717, 1.165) is 12.1 Å². The molecule has 0 saturated carbocycles. The Morgan fingerprint density at radius 3 is 2.26 bits per heavy atom. The molecule has 0 amide bonds. The quantitative estimate of drug-likeness (QED) is 0.757. The van der Waals surface area contributed by atoms with Gasteiger partial charge in [0, 0.05) is 12.1 Å². The van der Waals surface area contributed by atoms with E-state index in [2.05, 4.69) is 10.0 Å². The van der Waals surface area contributed by atoms with E-state index in [4.69, 9.17) is 0 Å². The summed E-state index contributed by atoms with van der Waals surface area (Å²) in [7, 11) is -3.59. The van der Waals surface area contributed by atoms with Crippen molar-refractivity contribution in [1.29, 1.82) is 0 Å². The third-order valence-electron chi connectivity index (χ3n) is 2.28. The topological polar surface area (TPSA) is 58.2 Å². The van der Waals surface area contributed by atoms with E-state index in [-0.39, 0.29) is 17.5 Å². The molecule has 0 heterocycles. The van der Waals surface area contributed by atoms with Crippen LogP contribution in [0.1, 0.15) is 20.3 Å². The summed E-state index contributed by atoms with van der Waals surface area (Å²) in [4.78, 5) is 0. The van der Waals surface area contributed by atoms with Crippen molar-refractivity contribution in [2.24, 2.45) is 0 Å². The van der Waals surface area contributed by atoms with Crippen molar-refractivity contribution in [3.8, 4) is 0 Å². The zero-order valence-electron chi connectivity index (χ0n) is 10.9. The van der Waals surface area contributed by atoms with Gasteiger partial charge in [-0.1, -0.05) is 13.8 Å². The maximum atomic E-state index is 12.9. The molecule has 0 bridgehead atoms. The first-order chi connectivity index (χ1) is 8.78. The van der Waals surface area contributed by atoms with Gasteiger partial charge in [-0.2, -0.15) is 0 Å². The Labute approximate surface area is 112 Å². The van der Waals surface area contributed by atoms with Crippen molar-refractivity contribution in [3.05, 3.63) is 29.8 Å². The van der Waals surface area contributed by atoms with Gasteiger partial charge < -0.3 is 5.32 Å². The van der Waals surface area contributed by atoms with Crippen LogP contribution in [-0.4, -0.2) is 26.8 Å². The summed E-state index contributed by atoms with van der Waals surface area (Å²) < 4.78 is 51.3. The van der Waals surface area contributed by atoms with Gasteiger partial charge in [0.15, 0.2) is 0 Å². The van der Waals surface area contributed by atoms with E-state index in [0.29, 0.717) is 19.0 Å². The molecule has 4 nitrogen and oxygen atoms in total. The Morgan fingerprint density at radius 2 is 1.74 bits per heavy atom. The summed E-state index contributed by atoms with van der Waals surface area (Å²) >= 11 is 0. The monoisotopic (exact) mass is 292 g/mol. The number of sulfonamides is 1. The molecule has 0 aliphatic carbocycles. The highest BCUT2D eigenvalue weighted by Gasteiger charge is 2.11. The Hall–Kier alpha value is -1.21. The minimum atomic E-state index is -3.59. The first kappa shape index (κ1) is 15.8. The zero-order valence-corrected chi connectivity index (χ0v) is 11.7. The summed E-state index contributed by atoms with van der Waals surface area (Å²) in [6, 6.07) is 2.85. The number of anilines is 1. The normalized spacial score (nSPS) is 11.8. The first-order valence-corrected chi connectivity index (χ1v) is 7.64. The second-order valence-corrected chi connectivity index (χ2v) is 6.38. The van der Waals surface area contributed by atoms with Gasteiger partial charge in [-0.15, -0.1) is 0 Å². The fourth-order valence-electron chi connectivity index (χ4n) is 1.50. The van der Waals surface area contributed by atoms with Crippen LogP contribution in [0.15, 0.2) is 18.2 Å². The van der Waals surface area contributed by atoms with Gasteiger partial charge in [0.2, 0.25) is 10.0 Å². The lowest BCUT2D eigenvalue weighted by Gasteiger charge is -2.10. The molecule has 19 heavy (non-hydrogen) atoms. The second-order valence-electron chi connectivity index (χ2n) is 4.54. The molecule has 0 atom stereocenters. The lowest BCUT2D eigenvalue weighted by molar-refractivity contribution is 0.570. The van der Waals surface area contributed by atoms with Gasteiger partial charge in [0.1, 0.15) is 11.6 Å². The molecule has 0 radical (unpaired) electrons. The molecule has 1 aromatic carbocycles. The van der Waals surface area contributed by atoms with Crippen molar-refractivity contribution in [3.63, 3.8) is 0 Å². The van der Waals surface area contributed by atoms with E-state index in [1.54, 1.807) is 0 Å². The fraction of sp³-hybridized carbons (Fsp3) is 0.500. The highest BCUT2D eigenvalue weighted by Crippen LogP contribution is 2.14. The number of benzene rings is 1. The molecule has 108 valence electrons. The van der Waals surface area contributed by atoms with Gasteiger partial charge in [-0.25, -0.2) is 17.2 Å². The molecule has 7 heteroatoms. The maximum absolute atomic E-state index is 12.9. The van der Waals surface area contributed by atoms with Crippen molar-refractivity contribution >= 4 is 15.7 Å². The molecule has 0 aliphatic rings. The molecule has 1 aromatic rings. The average Bonchev–Trinajstić information content (AvgIpc) is 2.22. The minimum absolute atomic E-state index is 0.102. The lowest BCUT2D eigenvalue weighted by Crippen LogP contribution is -2.26. The predicted octanol–water partition coefficient (Wildman–Crippen LogP) is 2.09. The fourth-order valence-corrected chi connectivity index (χ4v) is 2.60. The largest absolute Gasteiger partial charge is 0.314 e. The maximum Gasteiger partial charge on any atom is 0.232 e. The van der Waals surface area contributed by atoms with E-state index in [1.807, 2.05) is 13.8 Å². The Bertz CT molecular complexity index is 498. The smallest absolute Gasteiger partial charge is 0.232 e. The summed E-state index contributed by atoms with van der Waals surface area (Å²) in [6.45, 7) is 4.49. The van der Waals surface area contributed by atoms with Crippen LogP contribution in [0.2, 0.25) is 0 Å². The standard InChI is InChI=1S/C12H18F2N2O2S/c1-9(2)15-4-3-5-19(17,18)16-12-7-10(13)6-11(14)8-12/h6-9,15-16H,3-5H2,1-2H3. The number of hydrogen-bond acceptors (Lipinski definition) is 3. The van der Waals surface area contributed by atoms with Gasteiger partial charge in [0.25, 0.3) is 0 Å². The minimum Gasteiger partial charge on any atom is -0.314 e. The molecule has 0 saturated heterocycles. The van der Waals surface area contributed by atoms with Gasteiger partial charge in [0.05, 0.1) is 11.4 Å². The zero-order chi connectivity index (χ0) is 14.5. The molecule has 0 fully saturated rings. The molecule has 0 aromatic heterocycles. The summed E-state index contributed by atoms with van der Waals surface area (Å²) in [5.74, 6) is -1.75. The third kappa shape index (κ3) is 6.49. The van der Waals surface area contributed by atoms with Gasteiger partial charge >= 0.3 is 0 Å². The van der Waals surface area contributed by atoms with Crippen LogP contribution in [0.4, 0.5) is 14.5 Å². The van der Waals surface area contributed by atoms with Crippen LogP contribution < -0.4 is 10.0 Å². The van der Waals surface area contributed by atoms with Crippen molar-refractivity contribution in [2.45, 2.75) is 26.3 Å². The summed E-state index contributed by atoms with van der Waals surface area (Å²) in [6.07, 6.45) is 0.422. The number of hydrogen-bond donors (Lipinski definition) is 2. The molecule has 2 N–H and O–H groups in total. The number of nitrogens with one attached hydrogen (secondary N) is 2. The van der Waals surface area contributed by atoms with E-state index in [9.17, 15) is 17.2 Å². The molecular weight excluding hydrogens is 274 g/mol. The average molecular weight is 292 g/mol. The highest BCUT2D eigenvalue weighted by molar-refractivity contribution is 7.92. The van der Waals surface area contributed by atoms with Crippen molar-refractivity contribution in [1.82, 2.24) is 5.32 Å². The molecular formula is C12H18F2N2O2S. The number of rotatable bonds is 7. The third-order valence-corrected chi connectivity index (χ3v) is 3.65. The highest BCUT2D eigenvalue weighted by atomic mass is 32.2. The number of halogens is 2. The van der Waals surface area contributed by atoms with Crippen LogP contribution in [0.25, 0.3) is 0 Å². The summed E-state index contributed by atoms with van der Waals surface area (Å²) in [5, 5.41) is 3.09. The molecule has 0 spiro atoms. The molecule has 0 unspecified atom stereocenters. The predicted molar refractivity (Wildman–Crippen MR) is 71.5 cm³/mol. The van der Waals surface area contributed by atoms with E-state index < -0.39 is 21.7 Å². The van der Waals surface area contributed by atoms with Gasteiger partial charge in [-0.3, -0.25) is 4.72 Å². The van der Waals surface area contributed by atoms with Crippen LogP contribution in [0, 0.1) is 11.6 Å². The van der Waals surface area contributed by atoms with Gasteiger partial charge in [-0.05, 0) is 25.1 Å². The lowest BCUT2D eigenvalue weighted by atomic mass is 10.3. The second kappa shape index (κ2) is 6.81. The van der Waals surface area contributed by atoms with Crippen LogP contribution >= 0.6 is 0 Å². The Kier molecular flexibility index (Phi) is 5.68. The molecule has 0 aliphatic heterocycles.